The van der Waals surface area contributed by atoms with Gasteiger partial charge >= 0.3 is 59.5 Å². The zero-order valence-corrected chi connectivity index (χ0v) is 17.6. The third-order valence-electron chi connectivity index (χ3n) is 4.28. The Labute approximate surface area is 198 Å². The van der Waals surface area contributed by atoms with Crippen LogP contribution in [0.4, 0.5) is 96.6 Å². The van der Waals surface area contributed by atoms with E-state index in [4.69, 9.17) is 4.55 Å². The summed E-state index contributed by atoms with van der Waals surface area (Å²) in [6.45, 7) is 0. The molecule has 0 unspecified atom stereocenters. The van der Waals surface area contributed by atoms with Crippen molar-refractivity contribution in [2.45, 2.75) is 59.5 Å². The number of hydrogen-bond acceptors (Lipinski definition) is 2. The van der Waals surface area contributed by atoms with E-state index in [1.807, 2.05) is 0 Å². The van der Waals surface area contributed by atoms with Gasteiger partial charge in [-0.2, -0.15) is 101 Å². The summed E-state index contributed by atoms with van der Waals surface area (Å²) in [6.07, 6.45) is -9.63. The molecule has 0 aliphatic carbocycles. The molecule has 1 N–H and O–H groups in total. The first-order valence-corrected chi connectivity index (χ1v) is 9.77. The molecule has 0 heterocycles. The third-order valence-corrected chi connectivity index (χ3v) is 4.87. The van der Waals surface area contributed by atoms with Crippen LogP contribution in [0, 0.1) is 0 Å². The summed E-state index contributed by atoms with van der Waals surface area (Å²) in [5.74, 6) is -87.1. The summed E-state index contributed by atoms with van der Waals surface area (Å²) in [5.41, 5.74) is 0. The quantitative estimate of drug-likeness (QED) is 0.192. The summed E-state index contributed by atoms with van der Waals surface area (Å²) < 4.78 is 317. The zero-order valence-electron chi connectivity index (χ0n) is 16.8. The first-order chi connectivity index (χ1) is 16.4. The van der Waals surface area contributed by atoms with Gasteiger partial charge in [-0.1, -0.05) is 0 Å². The van der Waals surface area contributed by atoms with Gasteiger partial charge in [0.25, 0.3) is 10.1 Å². The second-order valence-electron chi connectivity index (χ2n) is 6.97. The summed E-state index contributed by atoms with van der Waals surface area (Å²) in [7, 11) is -5.73. The van der Waals surface area contributed by atoms with Crippen molar-refractivity contribution in [2.75, 3.05) is 5.75 Å². The molecule has 0 aromatic rings. The van der Waals surface area contributed by atoms with E-state index in [1.54, 1.807) is 0 Å². The lowest BCUT2D eigenvalue weighted by Crippen LogP contribution is -2.76. The minimum Gasteiger partial charge on any atom is -0.285 e. The fourth-order valence-electron chi connectivity index (χ4n) is 2.01. The maximum absolute atomic E-state index is 13.5. The van der Waals surface area contributed by atoms with E-state index in [0.717, 1.165) is 0 Å². The number of hydrogen-bond donors (Lipinski definition) is 1. The Kier molecular flexibility index (Phi) is 8.87. The van der Waals surface area contributed by atoms with Crippen molar-refractivity contribution in [3.63, 3.8) is 0 Å². The minimum absolute atomic E-state index is 1.53. The van der Waals surface area contributed by atoms with Crippen molar-refractivity contribution in [1.82, 2.24) is 0 Å². The van der Waals surface area contributed by atoms with E-state index < -0.39 is 87.3 Å². The molecule has 0 bridgehead atoms. The van der Waals surface area contributed by atoms with E-state index in [-0.39, 0.29) is 0 Å². The highest BCUT2D eigenvalue weighted by Gasteiger charge is 2.98. The van der Waals surface area contributed by atoms with Gasteiger partial charge < -0.3 is 0 Å². The van der Waals surface area contributed by atoms with Crippen LogP contribution >= 0.6 is 0 Å². The van der Waals surface area contributed by atoms with Crippen LogP contribution in [-0.2, 0) is 10.1 Å². The Bertz CT molecular complexity index is 1050. The number of rotatable bonds is 11. The lowest BCUT2D eigenvalue weighted by atomic mass is 9.86. The van der Waals surface area contributed by atoms with Gasteiger partial charge in [0.15, 0.2) is 5.83 Å². The summed E-state index contributed by atoms with van der Waals surface area (Å²) >= 11 is 0. The molecule has 0 spiro atoms. The minimum atomic E-state index is -9.38. The highest BCUT2D eigenvalue weighted by Crippen LogP contribution is 2.66. The van der Waals surface area contributed by atoms with Crippen LogP contribution in [0.5, 0.6) is 0 Å². The number of alkyl halides is 21. The van der Waals surface area contributed by atoms with Gasteiger partial charge in [-0.25, -0.2) is 4.39 Å². The molecule has 26 heteroatoms. The second-order valence-corrected chi connectivity index (χ2v) is 8.47. The summed E-state index contributed by atoms with van der Waals surface area (Å²) in [6, 6.07) is 0. The van der Waals surface area contributed by atoms with E-state index in [0.29, 0.717) is 0 Å². The van der Waals surface area contributed by atoms with Crippen LogP contribution in [0.3, 0.4) is 0 Å². The first-order valence-electron chi connectivity index (χ1n) is 8.16. The molecule has 0 aromatic heterocycles. The van der Waals surface area contributed by atoms with Gasteiger partial charge in [-0.05, 0) is 6.08 Å². The number of halogens is 22. The molecule has 234 valence electrons. The molecule has 0 saturated carbocycles. The van der Waals surface area contributed by atoms with Crippen molar-refractivity contribution in [1.29, 1.82) is 0 Å². The van der Waals surface area contributed by atoms with Crippen LogP contribution in [-0.4, -0.2) is 78.2 Å². The van der Waals surface area contributed by atoms with Crippen molar-refractivity contribution >= 4 is 10.1 Å². The van der Waals surface area contributed by atoms with Gasteiger partial charge in [0.05, 0.1) is 5.75 Å². The first kappa shape index (κ1) is 37.1. The molecule has 39 heavy (non-hydrogen) atoms. The SMILES string of the molecule is O=S(=O)(O)CC=C(F)C(F)(F)C(F)(F)C(F)(F)C(F)(F)C(F)(F)C(F)(F)C(F)(F)C(F)(F)C(F)(F)C(F)(F)F. The van der Waals surface area contributed by atoms with Crippen molar-refractivity contribution in [2.24, 2.45) is 0 Å². The van der Waals surface area contributed by atoms with Gasteiger partial charge in [0.1, 0.15) is 0 Å². The van der Waals surface area contributed by atoms with Gasteiger partial charge in [-0.3, -0.25) is 4.55 Å². The molecule has 0 fully saturated rings. The lowest BCUT2D eigenvalue weighted by Gasteiger charge is -2.44. The average molecular weight is 658 g/mol. The molecule has 0 rings (SSSR count). The maximum Gasteiger partial charge on any atom is 0.460 e. The second kappa shape index (κ2) is 9.32. The number of allylic oxidation sites excluding steroid dienone is 1. The van der Waals surface area contributed by atoms with Gasteiger partial charge in [0, 0.05) is 0 Å². The predicted octanol–water partition coefficient (Wildman–Crippen LogP) is 7.01. The van der Waals surface area contributed by atoms with Crippen molar-refractivity contribution in [3.05, 3.63) is 11.9 Å². The van der Waals surface area contributed by atoms with Crippen LogP contribution in [0.15, 0.2) is 11.9 Å². The van der Waals surface area contributed by atoms with Crippen molar-refractivity contribution < 1.29 is 110 Å². The normalized spacial score (nSPS) is 17.1. The molecular formula is C13H4F22O3S. The molecule has 0 radical (unpaired) electrons. The maximum atomic E-state index is 13.5. The lowest BCUT2D eigenvalue weighted by molar-refractivity contribution is -0.473. The highest BCUT2D eigenvalue weighted by atomic mass is 32.2. The largest absolute Gasteiger partial charge is 0.460 e. The van der Waals surface area contributed by atoms with Crippen LogP contribution in [0.25, 0.3) is 0 Å². The Morgan fingerprint density at radius 3 is 0.949 bits per heavy atom. The van der Waals surface area contributed by atoms with Gasteiger partial charge in [-0.15, -0.1) is 0 Å². The zero-order chi connectivity index (χ0) is 32.5. The van der Waals surface area contributed by atoms with E-state index in [2.05, 4.69) is 0 Å². The van der Waals surface area contributed by atoms with Gasteiger partial charge in [0.2, 0.25) is 0 Å². The summed E-state index contributed by atoms with van der Waals surface area (Å²) in [5, 5.41) is 0. The Morgan fingerprint density at radius 1 is 0.487 bits per heavy atom. The molecule has 0 atom stereocenters. The van der Waals surface area contributed by atoms with Crippen LogP contribution in [0.1, 0.15) is 0 Å². The van der Waals surface area contributed by atoms with Crippen LogP contribution in [0.2, 0.25) is 0 Å². The van der Waals surface area contributed by atoms with Crippen LogP contribution < -0.4 is 0 Å². The highest BCUT2D eigenvalue weighted by molar-refractivity contribution is 7.85. The Morgan fingerprint density at radius 2 is 0.718 bits per heavy atom. The molecule has 0 aliphatic rings. The van der Waals surface area contributed by atoms with Crippen molar-refractivity contribution in [3.8, 4) is 0 Å². The standard InChI is InChI=1S/C13H4F22O3S/c14-3(1-2-39(36,37)38)4(15,16)5(17,18)6(19,20)7(21,22)8(23,24)9(25,26)10(27,28)11(29,30)12(31,32)13(33,34)35/h1H,2H2,(H,36,37,38). The molecule has 3 nitrogen and oxygen atoms in total. The Hall–Kier alpha value is -1.89. The molecule has 0 aliphatic heterocycles. The third kappa shape index (κ3) is 5.06. The topological polar surface area (TPSA) is 54.4 Å². The molecule has 0 amide bonds. The molecule has 0 saturated heterocycles. The molecule has 0 aromatic carbocycles. The predicted molar refractivity (Wildman–Crippen MR) is 76.2 cm³/mol. The average Bonchev–Trinajstić information content (AvgIpc) is 2.69. The fraction of sp³-hybridized carbons (Fsp3) is 0.846. The van der Waals surface area contributed by atoms with E-state index in [1.165, 1.54) is 0 Å². The Balaban J connectivity index is 7.15. The summed E-state index contributed by atoms with van der Waals surface area (Å²) in [4.78, 5) is 0. The smallest absolute Gasteiger partial charge is 0.285 e. The molecular weight excluding hydrogens is 654 g/mol. The van der Waals surface area contributed by atoms with E-state index in [9.17, 15) is 105 Å². The van der Waals surface area contributed by atoms with E-state index >= 15 is 0 Å². The monoisotopic (exact) mass is 658 g/mol. The fourth-order valence-corrected chi connectivity index (χ4v) is 2.37.